The Kier molecular flexibility index (Phi) is 4.17. The third-order valence-electron chi connectivity index (χ3n) is 2.12. The molecule has 1 aromatic rings. The van der Waals surface area contributed by atoms with Gasteiger partial charge in [-0.25, -0.2) is 4.98 Å². The van der Waals surface area contributed by atoms with E-state index >= 15 is 0 Å². The minimum Gasteiger partial charge on any atom is -0.335 e. The van der Waals surface area contributed by atoms with E-state index in [-0.39, 0.29) is 11.5 Å². The standard InChI is InChI=1S/C12H15FN2O/c1-4-15(8-9(2)3)12(16)10-6-5-7-14-11(10)13/h5-7H,2,4,8H2,1,3H3. The molecule has 1 aromatic heterocycles. The van der Waals surface area contributed by atoms with Crippen molar-refractivity contribution < 1.29 is 9.18 Å². The Morgan fingerprint density at radius 3 is 2.81 bits per heavy atom. The fourth-order valence-electron chi connectivity index (χ4n) is 1.37. The molecular formula is C12H15FN2O. The summed E-state index contributed by atoms with van der Waals surface area (Å²) in [6, 6.07) is 2.98. The Morgan fingerprint density at radius 2 is 2.31 bits per heavy atom. The predicted molar refractivity (Wildman–Crippen MR) is 60.6 cm³/mol. The maximum absolute atomic E-state index is 13.3. The summed E-state index contributed by atoms with van der Waals surface area (Å²) in [5, 5.41) is 0. The molecule has 4 heteroatoms. The maximum atomic E-state index is 13.3. The Balaban J connectivity index is 2.91. The molecule has 1 heterocycles. The molecule has 0 fully saturated rings. The molecule has 0 bridgehead atoms. The molecule has 0 aliphatic carbocycles. The summed E-state index contributed by atoms with van der Waals surface area (Å²) in [5.74, 6) is -1.08. The Bertz CT molecular complexity index is 404. The van der Waals surface area contributed by atoms with Crippen LogP contribution in [0.5, 0.6) is 0 Å². The highest BCUT2D eigenvalue weighted by atomic mass is 19.1. The smallest absolute Gasteiger partial charge is 0.258 e. The molecule has 0 saturated carbocycles. The van der Waals surface area contributed by atoms with E-state index in [4.69, 9.17) is 0 Å². The highest BCUT2D eigenvalue weighted by Gasteiger charge is 2.18. The summed E-state index contributed by atoms with van der Waals surface area (Å²) in [7, 11) is 0. The normalized spacial score (nSPS) is 9.94. The highest BCUT2D eigenvalue weighted by Crippen LogP contribution is 2.08. The molecule has 1 rings (SSSR count). The van der Waals surface area contributed by atoms with Crippen LogP contribution in [-0.4, -0.2) is 28.9 Å². The van der Waals surface area contributed by atoms with Gasteiger partial charge in [0.1, 0.15) is 0 Å². The summed E-state index contributed by atoms with van der Waals surface area (Å²) in [5.41, 5.74) is 0.866. The van der Waals surface area contributed by atoms with Crippen molar-refractivity contribution in [3.05, 3.63) is 42.0 Å². The second kappa shape index (κ2) is 5.39. The lowest BCUT2D eigenvalue weighted by molar-refractivity contribution is 0.0772. The lowest BCUT2D eigenvalue weighted by atomic mass is 10.2. The van der Waals surface area contributed by atoms with Gasteiger partial charge < -0.3 is 4.90 Å². The van der Waals surface area contributed by atoms with Crippen molar-refractivity contribution in [1.29, 1.82) is 0 Å². The van der Waals surface area contributed by atoms with E-state index in [1.807, 2.05) is 13.8 Å². The molecule has 0 saturated heterocycles. The summed E-state index contributed by atoms with van der Waals surface area (Å²) in [4.78, 5) is 16.9. The van der Waals surface area contributed by atoms with Gasteiger partial charge in [-0.3, -0.25) is 4.79 Å². The zero-order chi connectivity index (χ0) is 12.1. The maximum Gasteiger partial charge on any atom is 0.258 e. The van der Waals surface area contributed by atoms with Crippen molar-refractivity contribution in [2.45, 2.75) is 13.8 Å². The van der Waals surface area contributed by atoms with Gasteiger partial charge in [-0.2, -0.15) is 4.39 Å². The van der Waals surface area contributed by atoms with E-state index < -0.39 is 5.95 Å². The fraction of sp³-hybridized carbons (Fsp3) is 0.333. The molecule has 86 valence electrons. The van der Waals surface area contributed by atoms with Crippen molar-refractivity contribution in [2.75, 3.05) is 13.1 Å². The Morgan fingerprint density at radius 1 is 1.62 bits per heavy atom. The van der Waals surface area contributed by atoms with Crippen LogP contribution in [0.4, 0.5) is 4.39 Å². The second-order valence-electron chi connectivity index (χ2n) is 3.62. The van der Waals surface area contributed by atoms with Crippen molar-refractivity contribution >= 4 is 5.91 Å². The number of amides is 1. The number of halogens is 1. The van der Waals surface area contributed by atoms with Crippen molar-refractivity contribution in [2.24, 2.45) is 0 Å². The first-order valence-corrected chi connectivity index (χ1v) is 5.10. The molecule has 0 aromatic carbocycles. The Labute approximate surface area is 94.6 Å². The molecule has 1 amide bonds. The monoisotopic (exact) mass is 222 g/mol. The van der Waals surface area contributed by atoms with Crippen molar-refractivity contribution in [3.8, 4) is 0 Å². The van der Waals surface area contributed by atoms with Crippen LogP contribution in [0.25, 0.3) is 0 Å². The van der Waals surface area contributed by atoms with Crippen LogP contribution in [0.3, 0.4) is 0 Å². The van der Waals surface area contributed by atoms with Crippen LogP contribution in [0.2, 0.25) is 0 Å². The van der Waals surface area contributed by atoms with Gasteiger partial charge in [-0.15, -0.1) is 0 Å². The first kappa shape index (κ1) is 12.4. The molecule has 0 atom stereocenters. The van der Waals surface area contributed by atoms with Crippen LogP contribution in [0.15, 0.2) is 30.5 Å². The number of hydrogen-bond acceptors (Lipinski definition) is 2. The first-order valence-electron chi connectivity index (χ1n) is 5.10. The lowest BCUT2D eigenvalue weighted by Gasteiger charge is -2.20. The van der Waals surface area contributed by atoms with E-state index in [0.29, 0.717) is 13.1 Å². The summed E-state index contributed by atoms with van der Waals surface area (Å²) in [6.45, 7) is 8.36. The van der Waals surface area contributed by atoms with Crippen LogP contribution in [0, 0.1) is 5.95 Å². The zero-order valence-corrected chi connectivity index (χ0v) is 9.53. The largest absolute Gasteiger partial charge is 0.335 e. The van der Waals surface area contributed by atoms with E-state index in [9.17, 15) is 9.18 Å². The van der Waals surface area contributed by atoms with E-state index in [2.05, 4.69) is 11.6 Å². The van der Waals surface area contributed by atoms with Gasteiger partial charge in [-0.1, -0.05) is 12.2 Å². The van der Waals surface area contributed by atoms with Crippen molar-refractivity contribution in [1.82, 2.24) is 9.88 Å². The predicted octanol–water partition coefficient (Wildman–Crippen LogP) is 2.26. The molecule has 3 nitrogen and oxygen atoms in total. The van der Waals surface area contributed by atoms with Crippen LogP contribution in [0.1, 0.15) is 24.2 Å². The van der Waals surface area contributed by atoms with Gasteiger partial charge in [0.05, 0.1) is 5.56 Å². The van der Waals surface area contributed by atoms with Gasteiger partial charge in [-0.05, 0) is 26.0 Å². The highest BCUT2D eigenvalue weighted by molar-refractivity contribution is 5.94. The SMILES string of the molecule is C=C(C)CN(CC)C(=O)c1cccnc1F. The third kappa shape index (κ3) is 2.89. The second-order valence-corrected chi connectivity index (χ2v) is 3.62. The zero-order valence-electron chi connectivity index (χ0n) is 9.53. The first-order chi connectivity index (χ1) is 7.56. The average molecular weight is 222 g/mol. The number of carbonyl (C=O) groups excluding carboxylic acids is 1. The molecular weight excluding hydrogens is 207 g/mol. The van der Waals surface area contributed by atoms with Gasteiger partial charge in [0.15, 0.2) is 0 Å². The molecule has 0 unspecified atom stereocenters. The molecule has 0 aliphatic heterocycles. The van der Waals surface area contributed by atoms with Crippen LogP contribution >= 0.6 is 0 Å². The van der Waals surface area contributed by atoms with E-state index in [1.54, 1.807) is 6.07 Å². The minimum atomic E-state index is -0.729. The third-order valence-corrected chi connectivity index (χ3v) is 2.12. The van der Waals surface area contributed by atoms with E-state index in [1.165, 1.54) is 17.2 Å². The lowest BCUT2D eigenvalue weighted by Crippen LogP contribution is -2.32. The molecule has 0 spiro atoms. The van der Waals surface area contributed by atoms with Crippen molar-refractivity contribution in [3.63, 3.8) is 0 Å². The summed E-state index contributed by atoms with van der Waals surface area (Å²) >= 11 is 0. The quantitative estimate of drug-likeness (QED) is 0.578. The number of nitrogens with zero attached hydrogens (tertiary/aromatic N) is 2. The fourth-order valence-corrected chi connectivity index (χ4v) is 1.37. The Hall–Kier alpha value is -1.71. The number of carbonyl (C=O) groups is 1. The number of likely N-dealkylation sites (N-methyl/N-ethyl adjacent to an activating group) is 1. The summed E-state index contributed by atoms with van der Waals surface area (Å²) in [6.07, 6.45) is 1.32. The molecule has 16 heavy (non-hydrogen) atoms. The van der Waals surface area contributed by atoms with Gasteiger partial charge in [0, 0.05) is 19.3 Å². The average Bonchev–Trinajstić information content (AvgIpc) is 2.25. The number of pyridine rings is 1. The molecule has 0 N–H and O–H groups in total. The molecule has 0 radical (unpaired) electrons. The van der Waals surface area contributed by atoms with Gasteiger partial charge >= 0.3 is 0 Å². The summed E-state index contributed by atoms with van der Waals surface area (Å²) < 4.78 is 13.3. The number of aromatic nitrogens is 1. The van der Waals surface area contributed by atoms with Crippen LogP contribution < -0.4 is 0 Å². The van der Waals surface area contributed by atoms with Gasteiger partial charge in [0.25, 0.3) is 5.91 Å². The molecule has 0 aliphatic rings. The van der Waals surface area contributed by atoms with Gasteiger partial charge in [0.2, 0.25) is 5.95 Å². The van der Waals surface area contributed by atoms with E-state index in [0.717, 1.165) is 5.57 Å². The number of hydrogen-bond donors (Lipinski definition) is 0. The topological polar surface area (TPSA) is 33.2 Å². The number of rotatable bonds is 4. The van der Waals surface area contributed by atoms with Crippen LogP contribution in [-0.2, 0) is 0 Å². The minimum absolute atomic E-state index is 0.00519.